The average Bonchev–Trinajstić information content (AvgIpc) is 3.22. The Morgan fingerprint density at radius 1 is 1.11 bits per heavy atom. The fourth-order valence-corrected chi connectivity index (χ4v) is 2.70. The highest BCUT2D eigenvalue weighted by molar-refractivity contribution is 5.85. The van der Waals surface area contributed by atoms with Crippen LogP contribution in [0.3, 0.4) is 0 Å². The summed E-state index contributed by atoms with van der Waals surface area (Å²) in [5, 5.41) is 2.67. The number of benzene rings is 2. The van der Waals surface area contributed by atoms with Gasteiger partial charge in [0.25, 0.3) is 0 Å². The van der Waals surface area contributed by atoms with E-state index in [1.807, 2.05) is 0 Å². The zero-order valence-corrected chi connectivity index (χ0v) is 10.6. The normalized spacial score (nSPS) is 16.9. The van der Waals surface area contributed by atoms with Gasteiger partial charge in [0.1, 0.15) is 0 Å². The van der Waals surface area contributed by atoms with Crippen LogP contribution in [0, 0.1) is 5.92 Å². The number of nitrogens with two attached hydrogens (primary N) is 1. The second-order valence-electron chi connectivity index (χ2n) is 5.39. The van der Waals surface area contributed by atoms with Gasteiger partial charge in [0.05, 0.1) is 0 Å². The van der Waals surface area contributed by atoms with E-state index in [9.17, 15) is 0 Å². The van der Waals surface area contributed by atoms with Gasteiger partial charge in [0.2, 0.25) is 0 Å². The number of hydrogen-bond donors (Lipinski definition) is 2. The maximum atomic E-state index is 5.69. The van der Waals surface area contributed by atoms with Crippen LogP contribution < -0.4 is 11.3 Å². The van der Waals surface area contributed by atoms with Gasteiger partial charge in [-0.15, -0.1) is 0 Å². The van der Waals surface area contributed by atoms with Crippen molar-refractivity contribution >= 4 is 10.8 Å². The number of hydrazine groups is 1. The lowest BCUT2D eigenvalue weighted by Crippen LogP contribution is -2.37. The predicted molar refractivity (Wildman–Crippen MR) is 76.1 cm³/mol. The van der Waals surface area contributed by atoms with E-state index in [1.54, 1.807) is 0 Å². The Hall–Kier alpha value is -1.38. The molecule has 0 radical (unpaired) electrons. The van der Waals surface area contributed by atoms with Gasteiger partial charge in [-0.05, 0) is 35.1 Å². The van der Waals surface area contributed by atoms with Crippen molar-refractivity contribution in [2.24, 2.45) is 11.8 Å². The lowest BCUT2D eigenvalue weighted by atomic mass is 9.96. The molecular formula is C16H20N2. The van der Waals surface area contributed by atoms with Gasteiger partial charge >= 0.3 is 0 Å². The van der Waals surface area contributed by atoms with Crippen molar-refractivity contribution in [3.05, 3.63) is 48.0 Å². The third-order valence-corrected chi connectivity index (χ3v) is 3.90. The monoisotopic (exact) mass is 240 g/mol. The molecule has 2 aromatic carbocycles. The van der Waals surface area contributed by atoms with Gasteiger partial charge in [-0.25, -0.2) is 0 Å². The third-order valence-electron chi connectivity index (χ3n) is 3.90. The zero-order chi connectivity index (χ0) is 12.4. The molecule has 94 valence electrons. The minimum absolute atomic E-state index is 0.406. The van der Waals surface area contributed by atoms with Gasteiger partial charge < -0.3 is 0 Å². The van der Waals surface area contributed by atoms with E-state index in [2.05, 4.69) is 47.9 Å². The van der Waals surface area contributed by atoms with Crippen LogP contribution in [0.1, 0.15) is 24.8 Å². The maximum absolute atomic E-state index is 5.69. The Morgan fingerprint density at radius 3 is 2.67 bits per heavy atom. The van der Waals surface area contributed by atoms with Crippen molar-refractivity contribution < 1.29 is 0 Å². The zero-order valence-electron chi connectivity index (χ0n) is 10.6. The minimum Gasteiger partial charge on any atom is -0.271 e. The second kappa shape index (κ2) is 5.09. The summed E-state index contributed by atoms with van der Waals surface area (Å²) in [6.45, 7) is 0. The van der Waals surface area contributed by atoms with E-state index in [-0.39, 0.29) is 0 Å². The number of nitrogens with one attached hydrogen (secondary N) is 1. The van der Waals surface area contributed by atoms with Crippen LogP contribution in [-0.4, -0.2) is 6.04 Å². The Bertz CT molecular complexity index is 526. The van der Waals surface area contributed by atoms with Gasteiger partial charge in [-0.2, -0.15) is 0 Å². The molecule has 0 bridgehead atoms. The van der Waals surface area contributed by atoms with Crippen molar-refractivity contribution in [1.82, 2.24) is 5.43 Å². The van der Waals surface area contributed by atoms with E-state index in [1.165, 1.54) is 35.6 Å². The first-order valence-electron chi connectivity index (χ1n) is 6.79. The molecule has 1 unspecified atom stereocenters. The molecule has 3 rings (SSSR count). The smallest absolute Gasteiger partial charge is 0.0253 e. The molecule has 0 spiro atoms. The summed E-state index contributed by atoms with van der Waals surface area (Å²) in [6, 6.07) is 15.5. The fraction of sp³-hybridized carbons (Fsp3) is 0.375. The Labute approximate surface area is 108 Å². The molecule has 0 amide bonds. The van der Waals surface area contributed by atoms with Crippen LogP contribution in [-0.2, 0) is 6.42 Å². The van der Waals surface area contributed by atoms with Gasteiger partial charge in [0.15, 0.2) is 0 Å². The van der Waals surface area contributed by atoms with Gasteiger partial charge in [-0.1, -0.05) is 55.3 Å². The van der Waals surface area contributed by atoms with Crippen molar-refractivity contribution in [3.63, 3.8) is 0 Å². The number of fused-ring (bicyclic) bond motifs is 1. The summed E-state index contributed by atoms with van der Waals surface area (Å²) >= 11 is 0. The molecule has 1 fully saturated rings. The average molecular weight is 240 g/mol. The Kier molecular flexibility index (Phi) is 3.31. The quantitative estimate of drug-likeness (QED) is 0.623. The third kappa shape index (κ3) is 2.55. The minimum atomic E-state index is 0.406. The second-order valence-corrected chi connectivity index (χ2v) is 5.39. The fourth-order valence-electron chi connectivity index (χ4n) is 2.70. The van der Waals surface area contributed by atoms with Gasteiger partial charge in [0, 0.05) is 6.04 Å². The summed E-state index contributed by atoms with van der Waals surface area (Å²) in [7, 11) is 0. The molecule has 3 N–H and O–H groups in total. The largest absolute Gasteiger partial charge is 0.271 e. The first-order valence-corrected chi connectivity index (χ1v) is 6.79. The first-order chi connectivity index (χ1) is 8.86. The molecule has 0 aromatic heterocycles. The molecule has 2 aromatic rings. The molecule has 1 aliphatic carbocycles. The van der Waals surface area contributed by atoms with Crippen LogP contribution >= 0.6 is 0 Å². The molecule has 18 heavy (non-hydrogen) atoms. The van der Waals surface area contributed by atoms with Crippen molar-refractivity contribution in [2.45, 2.75) is 31.7 Å². The first kappa shape index (κ1) is 11.7. The standard InChI is InChI=1S/C16H20N2/c17-18-15(10-12-8-9-12)11-14-6-3-5-13-4-1-2-7-16(13)14/h1-7,12,15,18H,8-11,17H2. The highest BCUT2D eigenvalue weighted by atomic mass is 15.2. The van der Waals surface area contributed by atoms with E-state index in [0.717, 1.165) is 12.3 Å². The Morgan fingerprint density at radius 2 is 1.89 bits per heavy atom. The van der Waals surface area contributed by atoms with Crippen LogP contribution in [0.25, 0.3) is 10.8 Å². The Balaban J connectivity index is 1.84. The van der Waals surface area contributed by atoms with Crippen LogP contribution in [0.2, 0.25) is 0 Å². The summed E-state index contributed by atoms with van der Waals surface area (Å²) in [5.41, 5.74) is 4.39. The lowest BCUT2D eigenvalue weighted by molar-refractivity contribution is 0.467. The molecule has 1 atom stereocenters. The maximum Gasteiger partial charge on any atom is 0.0253 e. The van der Waals surface area contributed by atoms with Crippen LogP contribution in [0.15, 0.2) is 42.5 Å². The van der Waals surface area contributed by atoms with E-state index in [4.69, 9.17) is 5.84 Å². The van der Waals surface area contributed by atoms with Crippen molar-refractivity contribution in [2.75, 3.05) is 0 Å². The summed E-state index contributed by atoms with van der Waals surface area (Å²) in [5.74, 6) is 6.59. The van der Waals surface area contributed by atoms with E-state index >= 15 is 0 Å². The molecule has 0 heterocycles. The topological polar surface area (TPSA) is 38.0 Å². The molecule has 1 saturated carbocycles. The molecule has 0 aliphatic heterocycles. The van der Waals surface area contributed by atoms with E-state index < -0.39 is 0 Å². The van der Waals surface area contributed by atoms with Gasteiger partial charge in [-0.3, -0.25) is 11.3 Å². The summed E-state index contributed by atoms with van der Waals surface area (Å²) in [6.07, 6.45) is 5.00. The van der Waals surface area contributed by atoms with Crippen LogP contribution in [0.5, 0.6) is 0 Å². The SMILES string of the molecule is NNC(Cc1cccc2ccccc12)CC1CC1. The molecule has 1 aliphatic rings. The lowest BCUT2D eigenvalue weighted by Gasteiger charge is -2.16. The van der Waals surface area contributed by atoms with Crippen molar-refractivity contribution in [1.29, 1.82) is 0 Å². The molecule has 2 nitrogen and oxygen atoms in total. The highest BCUT2D eigenvalue weighted by Crippen LogP contribution is 2.34. The highest BCUT2D eigenvalue weighted by Gasteiger charge is 2.25. The molecule has 0 saturated heterocycles. The molecule has 2 heteroatoms. The van der Waals surface area contributed by atoms with Crippen molar-refractivity contribution in [3.8, 4) is 0 Å². The summed E-state index contributed by atoms with van der Waals surface area (Å²) < 4.78 is 0. The summed E-state index contributed by atoms with van der Waals surface area (Å²) in [4.78, 5) is 0. The number of hydrogen-bond acceptors (Lipinski definition) is 2. The predicted octanol–water partition coefficient (Wildman–Crippen LogP) is 3.01. The van der Waals surface area contributed by atoms with E-state index in [0.29, 0.717) is 6.04 Å². The number of rotatable bonds is 5. The van der Waals surface area contributed by atoms with Crippen LogP contribution in [0.4, 0.5) is 0 Å². The molecular weight excluding hydrogens is 220 g/mol.